The maximum Gasteiger partial charge on any atom is 0.243 e. The largest absolute Gasteiger partial charge is 0.306 e. The predicted molar refractivity (Wildman–Crippen MR) is 64.1 cm³/mol. The molecule has 0 spiro atoms. The molecule has 1 aromatic heterocycles. The molecule has 2 rings (SSSR count). The van der Waals surface area contributed by atoms with Crippen molar-refractivity contribution in [2.24, 2.45) is 5.92 Å². The average molecular weight is 258 g/mol. The molecular weight excluding hydrogens is 240 g/mol. The Hall–Kier alpha value is -0.920. The van der Waals surface area contributed by atoms with Crippen LogP contribution in [0.2, 0.25) is 0 Å². The van der Waals surface area contributed by atoms with Crippen molar-refractivity contribution in [1.82, 2.24) is 19.8 Å². The van der Waals surface area contributed by atoms with Crippen LogP contribution in [-0.2, 0) is 10.0 Å². The summed E-state index contributed by atoms with van der Waals surface area (Å²) in [6, 6.07) is 0. The highest BCUT2D eigenvalue weighted by molar-refractivity contribution is 7.89. The normalized spacial score (nSPS) is 22.1. The topological polar surface area (TPSA) is 78.1 Å². The van der Waals surface area contributed by atoms with Crippen LogP contribution in [0.4, 0.5) is 0 Å². The Morgan fingerprint density at radius 3 is 2.94 bits per heavy atom. The van der Waals surface area contributed by atoms with Gasteiger partial charge in [-0.25, -0.2) is 13.1 Å². The lowest BCUT2D eigenvalue weighted by Crippen LogP contribution is -2.30. The second-order valence-electron chi connectivity index (χ2n) is 4.63. The summed E-state index contributed by atoms with van der Waals surface area (Å²) < 4.78 is 26.6. The van der Waals surface area contributed by atoms with Gasteiger partial charge in [0.05, 0.1) is 11.9 Å². The summed E-state index contributed by atoms with van der Waals surface area (Å²) in [4.78, 5) is 2.45. The molecule has 17 heavy (non-hydrogen) atoms. The van der Waals surface area contributed by atoms with Gasteiger partial charge in [-0.3, -0.25) is 5.10 Å². The molecule has 7 heteroatoms. The van der Waals surface area contributed by atoms with Crippen molar-refractivity contribution in [2.75, 3.05) is 26.7 Å². The van der Waals surface area contributed by atoms with Crippen molar-refractivity contribution < 1.29 is 8.42 Å². The molecule has 0 bridgehead atoms. The van der Waals surface area contributed by atoms with E-state index in [1.807, 2.05) is 0 Å². The molecule has 0 amide bonds. The molecule has 1 saturated heterocycles. The second-order valence-corrected chi connectivity index (χ2v) is 6.36. The van der Waals surface area contributed by atoms with Crippen LogP contribution in [0.25, 0.3) is 0 Å². The van der Waals surface area contributed by atoms with Gasteiger partial charge in [0.1, 0.15) is 4.90 Å². The molecule has 0 aromatic carbocycles. The molecule has 6 nitrogen and oxygen atoms in total. The number of hydrogen-bond donors (Lipinski definition) is 2. The predicted octanol–water partition coefficient (Wildman–Crippen LogP) is -0.0519. The van der Waals surface area contributed by atoms with E-state index in [0.29, 0.717) is 18.2 Å². The van der Waals surface area contributed by atoms with E-state index in [2.05, 4.69) is 26.9 Å². The zero-order valence-electron chi connectivity index (χ0n) is 10.1. The number of nitrogens with one attached hydrogen (secondary N) is 2. The van der Waals surface area contributed by atoms with Gasteiger partial charge < -0.3 is 4.90 Å². The third-order valence-corrected chi connectivity index (χ3v) is 4.66. The molecule has 1 fully saturated rings. The van der Waals surface area contributed by atoms with Gasteiger partial charge in [0.25, 0.3) is 0 Å². The number of likely N-dealkylation sites (tertiary alicyclic amines) is 1. The Morgan fingerprint density at radius 2 is 2.41 bits per heavy atom. The van der Waals surface area contributed by atoms with Gasteiger partial charge in [-0.05, 0) is 32.9 Å². The van der Waals surface area contributed by atoms with Gasteiger partial charge in [0.15, 0.2) is 0 Å². The maximum atomic E-state index is 12.0. The van der Waals surface area contributed by atoms with Crippen LogP contribution in [0.15, 0.2) is 11.1 Å². The Kier molecular flexibility index (Phi) is 3.50. The quantitative estimate of drug-likeness (QED) is 0.793. The number of aryl methyl sites for hydroxylation is 1. The standard InChI is InChI=1S/C10H18N4O2S/c1-8-10(6-11-13-8)17(15,16)12-5-9-3-4-14(2)7-9/h6,9,12H,3-5,7H2,1-2H3,(H,11,13). The molecular formula is C10H18N4O2S. The maximum absolute atomic E-state index is 12.0. The molecule has 0 saturated carbocycles. The second kappa shape index (κ2) is 4.75. The van der Waals surface area contributed by atoms with E-state index in [1.54, 1.807) is 6.92 Å². The SMILES string of the molecule is Cc1[nH]ncc1S(=O)(=O)NCC1CCN(C)C1. The minimum absolute atomic E-state index is 0.240. The van der Waals surface area contributed by atoms with Gasteiger partial charge in [-0.1, -0.05) is 0 Å². The van der Waals surface area contributed by atoms with Crippen molar-refractivity contribution in [1.29, 1.82) is 0 Å². The molecule has 1 unspecified atom stereocenters. The monoisotopic (exact) mass is 258 g/mol. The van der Waals surface area contributed by atoms with E-state index < -0.39 is 10.0 Å². The molecule has 2 N–H and O–H groups in total. The highest BCUT2D eigenvalue weighted by Gasteiger charge is 2.23. The first-order valence-electron chi connectivity index (χ1n) is 5.67. The molecule has 1 aliphatic heterocycles. The molecule has 96 valence electrons. The Bertz CT molecular complexity index is 482. The summed E-state index contributed by atoms with van der Waals surface area (Å²) in [6.45, 7) is 4.19. The zero-order valence-corrected chi connectivity index (χ0v) is 10.9. The van der Waals surface area contributed by atoms with E-state index >= 15 is 0 Å². The van der Waals surface area contributed by atoms with Gasteiger partial charge >= 0.3 is 0 Å². The van der Waals surface area contributed by atoms with Crippen LogP contribution in [-0.4, -0.2) is 50.2 Å². The van der Waals surface area contributed by atoms with Gasteiger partial charge in [-0.2, -0.15) is 5.10 Å². The summed E-state index contributed by atoms with van der Waals surface area (Å²) in [7, 11) is -1.36. The number of hydrogen-bond acceptors (Lipinski definition) is 4. The van der Waals surface area contributed by atoms with Gasteiger partial charge in [-0.15, -0.1) is 0 Å². The Morgan fingerprint density at radius 1 is 1.65 bits per heavy atom. The van der Waals surface area contributed by atoms with Crippen molar-refractivity contribution >= 4 is 10.0 Å². The van der Waals surface area contributed by atoms with Crippen LogP contribution in [0.5, 0.6) is 0 Å². The Balaban J connectivity index is 1.97. The van der Waals surface area contributed by atoms with E-state index in [1.165, 1.54) is 6.20 Å². The third kappa shape index (κ3) is 2.85. The summed E-state index contributed by atoms with van der Waals surface area (Å²) in [5, 5.41) is 6.36. The molecule has 2 heterocycles. The lowest BCUT2D eigenvalue weighted by molar-refractivity contribution is 0.394. The molecule has 1 atom stereocenters. The first-order chi connectivity index (χ1) is 7.99. The molecule has 0 aliphatic carbocycles. The van der Waals surface area contributed by atoms with Crippen molar-refractivity contribution in [3.8, 4) is 0 Å². The number of aromatic nitrogens is 2. The zero-order chi connectivity index (χ0) is 12.5. The smallest absolute Gasteiger partial charge is 0.243 e. The van der Waals surface area contributed by atoms with E-state index in [9.17, 15) is 8.42 Å². The lowest BCUT2D eigenvalue weighted by atomic mass is 10.1. The summed E-state index contributed by atoms with van der Waals surface area (Å²) >= 11 is 0. The Labute approximate surface area is 101 Å². The van der Waals surface area contributed by atoms with E-state index in [4.69, 9.17) is 0 Å². The van der Waals surface area contributed by atoms with Crippen molar-refractivity contribution in [3.05, 3.63) is 11.9 Å². The van der Waals surface area contributed by atoms with Crippen LogP contribution < -0.4 is 4.72 Å². The fourth-order valence-electron chi connectivity index (χ4n) is 2.11. The van der Waals surface area contributed by atoms with E-state index in [-0.39, 0.29) is 4.90 Å². The summed E-state index contributed by atoms with van der Waals surface area (Å²) in [5.41, 5.74) is 0.570. The minimum Gasteiger partial charge on any atom is -0.306 e. The third-order valence-electron chi connectivity index (χ3n) is 3.12. The minimum atomic E-state index is -3.41. The van der Waals surface area contributed by atoms with Crippen molar-refractivity contribution in [3.63, 3.8) is 0 Å². The van der Waals surface area contributed by atoms with Crippen LogP contribution in [0.3, 0.4) is 0 Å². The van der Waals surface area contributed by atoms with Gasteiger partial charge in [0.2, 0.25) is 10.0 Å². The first-order valence-corrected chi connectivity index (χ1v) is 7.15. The molecule has 0 radical (unpaired) electrons. The van der Waals surface area contributed by atoms with Crippen molar-refractivity contribution in [2.45, 2.75) is 18.2 Å². The van der Waals surface area contributed by atoms with Crippen LogP contribution in [0, 0.1) is 12.8 Å². The highest BCUT2D eigenvalue weighted by atomic mass is 32.2. The lowest BCUT2D eigenvalue weighted by Gasteiger charge is -2.11. The van der Waals surface area contributed by atoms with Gasteiger partial charge in [0, 0.05) is 13.1 Å². The van der Waals surface area contributed by atoms with Crippen LogP contribution in [0.1, 0.15) is 12.1 Å². The van der Waals surface area contributed by atoms with Crippen LogP contribution >= 0.6 is 0 Å². The van der Waals surface area contributed by atoms with E-state index in [0.717, 1.165) is 19.5 Å². The molecule has 1 aromatic rings. The average Bonchev–Trinajstić information content (AvgIpc) is 2.85. The summed E-state index contributed by atoms with van der Waals surface area (Å²) in [6.07, 6.45) is 2.39. The fraction of sp³-hybridized carbons (Fsp3) is 0.700. The summed E-state index contributed by atoms with van der Waals surface area (Å²) in [5.74, 6) is 0.405. The molecule has 1 aliphatic rings. The number of sulfonamides is 1. The number of aromatic amines is 1. The number of H-pyrrole nitrogens is 1. The first kappa shape index (κ1) is 12.5. The number of nitrogens with zero attached hydrogens (tertiary/aromatic N) is 2. The highest BCUT2D eigenvalue weighted by Crippen LogP contribution is 2.15. The number of rotatable bonds is 4. The fourth-order valence-corrected chi connectivity index (χ4v) is 3.36.